The number of halogens is 1. The summed E-state index contributed by atoms with van der Waals surface area (Å²) in [5.74, 6) is 0.482. The molecule has 1 aromatic heterocycles. The summed E-state index contributed by atoms with van der Waals surface area (Å²) in [7, 11) is 0. The fourth-order valence-corrected chi connectivity index (χ4v) is 2.32. The van der Waals surface area contributed by atoms with E-state index in [0.717, 1.165) is 16.9 Å². The maximum atomic E-state index is 14.0. The summed E-state index contributed by atoms with van der Waals surface area (Å²) in [6.45, 7) is 1.94. The molecule has 106 valence electrons. The molecule has 1 N–H and O–H groups in total. The minimum Gasteiger partial charge on any atom is -0.467 e. The van der Waals surface area contributed by atoms with E-state index in [-0.39, 0.29) is 11.9 Å². The summed E-state index contributed by atoms with van der Waals surface area (Å²) in [5.41, 5.74) is 2.50. The van der Waals surface area contributed by atoms with Gasteiger partial charge in [-0.05, 0) is 42.3 Å². The van der Waals surface area contributed by atoms with Gasteiger partial charge in [0.1, 0.15) is 17.6 Å². The van der Waals surface area contributed by atoms with Gasteiger partial charge in [-0.25, -0.2) is 4.39 Å². The first-order valence-electron chi connectivity index (χ1n) is 6.85. The van der Waals surface area contributed by atoms with Gasteiger partial charge in [-0.2, -0.15) is 0 Å². The van der Waals surface area contributed by atoms with Crippen molar-refractivity contribution in [2.45, 2.75) is 13.0 Å². The molecule has 3 heteroatoms. The van der Waals surface area contributed by atoms with E-state index in [0.29, 0.717) is 5.69 Å². The zero-order valence-corrected chi connectivity index (χ0v) is 11.7. The van der Waals surface area contributed by atoms with Crippen molar-refractivity contribution in [1.29, 1.82) is 0 Å². The Morgan fingerprint density at radius 2 is 1.81 bits per heavy atom. The van der Waals surface area contributed by atoms with Crippen molar-refractivity contribution in [2.24, 2.45) is 0 Å². The molecular weight excluding hydrogens is 265 g/mol. The Kier molecular flexibility index (Phi) is 3.73. The lowest BCUT2D eigenvalue weighted by atomic mass is 10.0. The van der Waals surface area contributed by atoms with Crippen molar-refractivity contribution in [1.82, 2.24) is 0 Å². The Balaban J connectivity index is 1.99. The smallest absolute Gasteiger partial charge is 0.146 e. The first kappa shape index (κ1) is 13.4. The van der Waals surface area contributed by atoms with E-state index in [1.165, 1.54) is 6.07 Å². The predicted molar refractivity (Wildman–Crippen MR) is 81.8 cm³/mol. The van der Waals surface area contributed by atoms with Gasteiger partial charge in [0.2, 0.25) is 0 Å². The van der Waals surface area contributed by atoms with Crippen LogP contribution in [-0.2, 0) is 0 Å². The lowest BCUT2D eigenvalue weighted by Gasteiger charge is -2.19. The standard InChI is InChI=1S/C18H16FNO/c1-13-9-10-15(19)16(12-13)20-18(17-8-5-11-21-17)14-6-3-2-4-7-14/h2-12,18,20H,1H3. The third kappa shape index (κ3) is 2.97. The highest BCUT2D eigenvalue weighted by molar-refractivity contribution is 5.50. The molecule has 1 atom stereocenters. The molecule has 2 aromatic carbocycles. The van der Waals surface area contributed by atoms with Crippen LogP contribution in [0.25, 0.3) is 0 Å². The van der Waals surface area contributed by atoms with E-state index in [2.05, 4.69) is 5.32 Å². The molecular formula is C18H16FNO. The second-order valence-electron chi connectivity index (χ2n) is 4.99. The lowest BCUT2D eigenvalue weighted by Crippen LogP contribution is -2.12. The zero-order valence-electron chi connectivity index (χ0n) is 11.7. The van der Waals surface area contributed by atoms with Crippen molar-refractivity contribution >= 4 is 5.69 Å². The normalized spacial score (nSPS) is 12.1. The molecule has 2 nitrogen and oxygen atoms in total. The number of aryl methyl sites for hydroxylation is 1. The Morgan fingerprint density at radius 1 is 1.00 bits per heavy atom. The largest absolute Gasteiger partial charge is 0.467 e. The van der Waals surface area contributed by atoms with Gasteiger partial charge < -0.3 is 9.73 Å². The summed E-state index contributed by atoms with van der Waals surface area (Å²) < 4.78 is 19.5. The molecule has 0 amide bonds. The highest BCUT2D eigenvalue weighted by Crippen LogP contribution is 2.28. The van der Waals surface area contributed by atoms with E-state index in [1.54, 1.807) is 18.4 Å². The Morgan fingerprint density at radius 3 is 2.52 bits per heavy atom. The van der Waals surface area contributed by atoms with E-state index in [1.807, 2.05) is 49.4 Å². The van der Waals surface area contributed by atoms with Crippen LogP contribution in [0.3, 0.4) is 0 Å². The van der Waals surface area contributed by atoms with Crippen LogP contribution in [0.4, 0.5) is 10.1 Å². The van der Waals surface area contributed by atoms with Crippen LogP contribution in [0.5, 0.6) is 0 Å². The Labute approximate surface area is 123 Å². The molecule has 3 rings (SSSR count). The van der Waals surface area contributed by atoms with Crippen LogP contribution in [0.15, 0.2) is 71.3 Å². The SMILES string of the molecule is Cc1ccc(F)c(NC(c2ccccc2)c2ccco2)c1. The minimum absolute atomic E-state index is 0.225. The van der Waals surface area contributed by atoms with Crippen molar-refractivity contribution in [3.8, 4) is 0 Å². The van der Waals surface area contributed by atoms with Crippen LogP contribution in [0.1, 0.15) is 22.9 Å². The fraction of sp³-hybridized carbons (Fsp3) is 0.111. The average molecular weight is 281 g/mol. The Bertz CT molecular complexity index is 707. The second-order valence-corrected chi connectivity index (χ2v) is 4.99. The fourth-order valence-electron chi connectivity index (χ4n) is 2.32. The van der Waals surface area contributed by atoms with Gasteiger partial charge >= 0.3 is 0 Å². The molecule has 3 aromatic rings. The van der Waals surface area contributed by atoms with Gasteiger partial charge in [0, 0.05) is 0 Å². The summed E-state index contributed by atoms with van der Waals surface area (Å²) in [6, 6.07) is 18.4. The summed E-state index contributed by atoms with van der Waals surface area (Å²) in [6.07, 6.45) is 1.62. The molecule has 0 aliphatic rings. The first-order valence-corrected chi connectivity index (χ1v) is 6.85. The third-order valence-corrected chi connectivity index (χ3v) is 3.38. The number of furan rings is 1. The number of anilines is 1. The van der Waals surface area contributed by atoms with E-state index in [9.17, 15) is 4.39 Å². The highest BCUT2D eigenvalue weighted by atomic mass is 19.1. The van der Waals surface area contributed by atoms with Gasteiger partial charge in [-0.1, -0.05) is 36.4 Å². The predicted octanol–water partition coefficient (Wildman–Crippen LogP) is 4.93. The molecule has 0 aliphatic heterocycles. The minimum atomic E-state index is -0.270. The van der Waals surface area contributed by atoms with Crippen LogP contribution in [0.2, 0.25) is 0 Å². The third-order valence-electron chi connectivity index (χ3n) is 3.38. The molecule has 0 saturated carbocycles. The summed E-state index contributed by atoms with van der Waals surface area (Å²) in [5, 5.41) is 3.24. The number of hydrogen-bond acceptors (Lipinski definition) is 2. The van der Waals surface area contributed by atoms with Crippen LogP contribution < -0.4 is 5.32 Å². The van der Waals surface area contributed by atoms with E-state index in [4.69, 9.17) is 4.42 Å². The maximum Gasteiger partial charge on any atom is 0.146 e. The van der Waals surface area contributed by atoms with Crippen LogP contribution in [0, 0.1) is 12.7 Å². The van der Waals surface area contributed by atoms with Gasteiger partial charge in [-0.15, -0.1) is 0 Å². The molecule has 0 bridgehead atoms. The van der Waals surface area contributed by atoms with Gasteiger partial charge in [0.05, 0.1) is 12.0 Å². The highest BCUT2D eigenvalue weighted by Gasteiger charge is 2.18. The van der Waals surface area contributed by atoms with Gasteiger partial charge in [-0.3, -0.25) is 0 Å². The summed E-state index contributed by atoms with van der Waals surface area (Å²) in [4.78, 5) is 0. The molecule has 0 fully saturated rings. The van der Waals surface area contributed by atoms with E-state index >= 15 is 0 Å². The number of rotatable bonds is 4. The van der Waals surface area contributed by atoms with Crippen LogP contribution >= 0.6 is 0 Å². The van der Waals surface area contributed by atoms with Crippen LogP contribution in [-0.4, -0.2) is 0 Å². The monoisotopic (exact) mass is 281 g/mol. The molecule has 21 heavy (non-hydrogen) atoms. The van der Waals surface area contributed by atoms with Gasteiger partial charge in [0.25, 0.3) is 0 Å². The van der Waals surface area contributed by atoms with Crippen molar-refractivity contribution in [2.75, 3.05) is 5.32 Å². The topological polar surface area (TPSA) is 25.2 Å². The quantitative estimate of drug-likeness (QED) is 0.733. The second kappa shape index (κ2) is 5.83. The summed E-state index contributed by atoms with van der Waals surface area (Å²) >= 11 is 0. The number of hydrogen-bond donors (Lipinski definition) is 1. The van der Waals surface area contributed by atoms with Crippen molar-refractivity contribution < 1.29 is 8.81 Å². The molecule has 1 unspecified atom stereocenters. The van der Waals surface area contributed by atoms with E-state index < -0.39 is 0 Å². The molecule has 0 aliphatic carbocycles. The average Bonchev–Trinajstić information content (AvgIpc) is 3.03. The molecule has 1 heterocycles. The van der Waals surface area contributed by atoms with Crippen molar-refractivity contribution in [3.05, 3.63) is 89.6 Å². The van der Waals surface area contributed by atoms with Gasteiger partial charge in [0.15, 0.2) is 0 Å². The lowest BCUT2D eigenvalue weighted by molar-refractivity contribution is 0.498. The maximum absolute atomic E-state index is 14.0. The first-order chi connectivity index (χ1) is 10.2. The molecule has 0 spiro atoms. The number of nitrogens with one attached hydrogen (secondary N) is 1. The molecule has 0 saturated heterocycles. The number of benzene rings is 2. The zero-order chi connectivity index (χ0) is 14.7. The molecule has 0 radical (unpaired) electrons. The Hall–Kier alpha value is -2.55. The van der Waals surface area contributed by atoms with Crippen molar-refractivity contribution in [3.63, 3.8) is 0 Å².